The summed E-state index contributed by atoms with van der Waals surface area (Å²) < 4.78 is 0. The second-order valence-electron chi connectivity index (χ2n) is 12.6. The van der Waals surface area contributed by atoms with Crippen LogP contribution in [0.25, 0.3) is 0 Å². The quantitative estimate of drug-likeness (QED) is 0.0525. The molecule has 4 heteroatoms. The zero-order chi connectivity index (χ0) is 30.8. The zero-order valence-electron chi connectivity index (χ0n) is 28.3. The summed E-state index contributed by atoms with van der Waals surface area (Å²) in [5.74, 6) is -0.0735. The van der Waals surface area contributed by atoms with E-state index in [2.05, 4.69) is 31.3 Å². The molecule has 0 saturated carbocycles. The molecule has 0 rings (SSSR count). The molecule has 0 aliphatic heterocycles. The van der Waals surface area contributed by atoms with Gasteiger partial charge in [0.25, 0.3) is 0 Å². The Hall–Kier alpha value is -1.13. The van der Waals surface area contributed by atoms with Crippen molar-refractivity contribution in [2.75, 3.05) is 6.61 Å². The Bertz CT molecular complexity index is 603. The maximum atomic E-state index is 12.3. The molecule has 0 spiro atoms. The molecule has 0 radical (unpaired) electrons. The number of allylic oxidation sites excluding steroid dienone is 3. The van der Waals surface area contributed by atoms with E-state index in [9.17, 15) is 15.0 Å². The molecule has 4 nitrogen and oxygen atoms in total. The topological polar surface area (TPSA) is 69.6 Å². The fourth-order valence-electron chi connectivity index (χ4n) is 5.52. The van der Waals surface area contributed by atoms with Gasteiger partial charge in [0, 0.05) is 6.42 Å². The van der Waals surface area contributed by atoms with Crippen molar-refractivity contribution in [1.82, 2.24) is 5.32 Å². The van der Waals surface area contributed by atoms with Gasteiger partial charge < -0.3 is 15.5 Å². The summed E-state index contributed by atoms with van der Waals surface area (Å²) in [5, 5.41) is 22.9. The molecule has 0 heterocycles. The van der Waals surface area contributed by atoms with Gasteiger partial charge in [-0.25, -0.2) is 0 Å². The summed E-state index contributed by atoms with van der Waals surface area (Å²) in [7, 11) is 0. The van der Waals surface area contributed by atoms with E-state index in [0.29, 0.717) is 6.42 Å². The molecule has 0 aliphatic rings. The van der Waals surface area contributed by atoms with Crippen LogP contribution in [-0.2, 0) is 4.79 Å². The molecule has 0 saturated heterocycles. The van der Waals surface area contributed by atoms with Crippen LogP contribution in [0.1, 0.15) is 194 Å². The van der Waals surface area contributed by atoms with E-state index in [1.165, 1.54) is 141 Å². The van der Waals surface area contributed by atoms with Crippen LogP contribution in [0.5, 0.6) is 0 Å². The van der Waals surface area contributed by atoms with Crippen LogP contribution in [0.15, 0.2) is 24.3 Å². The Morgan fingerprint density at radius 2 is 0.905 bits per heavy atom. The molecule has 1 amide bonds. The van der Waals surface area contributed by atoms with Gasteiger partial charge in [-0.05, 0) is 44.9 Å². The predicted octanol–water partition coefficient (Wildman–Crippen LogP) is 10.9. The largest absolute Gasteiger partial charge is 0.394 e. The van der Waals surface area contributed by atoms with Gasteiger partial charge >= 0.3 is 0 Å². The molecule has 0 bridgehead atoms. The minimum atomic E-state index is -0.838. The number of aliphatic hydroxyl groups excluding tert-OH is 2. The van der Waals surface area contributed by atoms with Crippen LogP contribution in [0.3, 0.4) is 0 Å². The maximum absolute atomic E-state index is 12.3. The highest BCUT2D eigenvalue weighted by Crippen LogP contribution is 2.14. The van der Waals surface area contributed by atoms with Crippen LogP contribution in [0.4, 0.5) is 0 Å². The van der Waals surface area contributed by atoms with Gasteiger partial charge in [0.2, 0.25) is 5.91 Å². The number of hydrogen-bond acceptors (Lipinski definition) is 3. The minimum absolute atomic E-state index is 0.0735. The first-order valence-corrected chi connectivity index (χ1v) is 18.6. The number of carbonyl (C=O) groups excluding carboxylic acids is 1. The molecule has 2 unspecified atom stereocenters. The first-order valence-electron chi connectivity index (χ1n) is 18.6. The maximum Gasteiger partial charge on any atom is 0.220 e. The third-order valence-electron chi connectivity index (χ3n) is 8.43. The standard InChI is InChI=1S/C38H73NO3/c1-3-5-7-9-11-13-15-17-19-21-23-25-27-29-31-33-37(41)36(35-40)39-38(42)34-32-30-28-26-24-22-20-18-16-14-12-10-8-6-4-2/h18,20,31,33,36-37,40-41H,3-17,19,21-30,32,34-35H2,1-2H3,(H,39,42)/b20-18-,33-31+. The van der Waals surface area contributed by atoms with Crippen molar-refractivity contribution < 1.29 is 15.0 Å². The molecule has 0 fully saturated rings. The van der Waals surface area contributed by atoms with E-state index >= 15 is 0 Å². The van der Waals surface area contributed by atoms with Crippen molar-refractivity contribution in [2.24, 2.45) is 0 Å². The van der Waals surface area contributed by atoms with Crippen molar-refractivity contribution in [3.8, 4) is 0 Å². The van der Waals surface area contributed by atoms with Gasteiger partial charge in [-0.15, -0.1) is 0 Å². The highest BCUT2D eigenvalue weighted by Gasteiger charge is 2.17. The molecule has 0 aromatic rings. The molecule has 2 atom stereocenters. The SMILES string of the molecule is CCCCCCCC/C=C\CCCCCCCC(=O)NC(CO)C(O)/C=C/CCCCCCCCCCCCCCC. The fraction of sp³-hybridized carbons (Fsp3) is 0.868. The number of nitrogens with one attached hydrogen (secondary N) is 1. The summed E-state index contributed by atoms with van der Waals surface area (Å²) in [5.41, 5.74) is 0. The van der Waals surface area contributed by atoms with Crippen molar-refractivity contribution in [2.45, 2.75) is 206 Å². The lowest BCUT2D eigenvalue weighted by Gasteiger charge is -2.20. The Labute approximate surface area is 262 Å². The summed E-state index contributed by atoms with van der Waals surface area (Å²) in [4.78, 5) is 12.3. The number of aliphatic hydroxyl groups is 2. The van der Waals surface area contributed by atoms with Gasteiger partial charge in [-0.3, -0.25) is 4.79 Å². The van der Waals surface area contributed by atoms with Crippen molar-refractivity contribution in [3.63, 3.8) is 0 Å². The Morgan fingerprint density at radius 3 is 1.31 bits per heavy atom. The first-order chi connectivity index (χ1) is 20.7. The molecule has 3 N–H and O–H groups in total. The average molecular weight is 592 g/mol. The van der Waals surface area contributed by atoms with Gasteiger partial charge in [0.05, 0.1) is 18.8 Å². The number of unbranched alkanes of at least 4 members (excludes halogenated alkanes) is 24. The number of hydrogen-bond donors (Lipinski definition) is 3. The molecule has 0 aromatic carbocycles. The summed E-state index contributed by atoms with van der Waals surface area (Å²) in [6.45, 7) is 4.29. The molecule has 42 heavy (non-hydrogen) atoms. The van der Waals surface area contributed by atoms with E-state index in [1.54, 1.807) is 6.08 Å². The number of carbonyl (C=O) groups is 1. The van der Waals surface area contributed by atoms with Crippen LogP contribution >= 0.6 is 0 Å². The van der Waals surface area contributed by atoms with Crippen molar-refractivity contribution in [3.05, 3.63) is 24.3 Å². The molecular weight excluding hydrogens is 518 g/mol. The normalized spacial score (nSPS) is 13.3. The molecule has 0 aliphatic carbocycles. The molecule has 0 aromatic heterocycles. The van der Waals surface area contributed by atoms with Gasteiger partial charge in [-0.2, -0.15) is 0 Å². The Kier molecular flexibility index (Phi) is 33.4. The molecule has 248 valence electrons. The van der Waals surface area contributed by atoms with Crippen LogP contribution in [-0.4, -0.2) is 34.9 Å². The lowest BCUT2D eigenvalue weighted by Crippen LogP contribution is -2.45. The number of rotatable bonds is 33. The van der Waals surface area contributed by atoms with E-state index in [0.717, 1.165) is 32.1 Å². The second kappa shape index (κ2) is 34.4. The van der Waals surface area contributed by atoms with E-state index in [4.69, 9.17) is 0 Å². The van der Waals surface area contributed by atoms with Gasteiger partial charge in [0.1, 0.15) is 0 Å². The van der Waals surface area contributed by atoms with Gasteiger partial charge in [-0.1, -0.05) is 167 Å². The van der Waals surface area contributed by atoms with E-state index in [1.807, 2.05) is 6.08 Å². The lowest BCUT2D eigenvalue weighted by atomic mass is 10.0. The van der Waals surface area contributed by atoms with E-state index in [-0.39, 0.29) is 12.5 Å². The summed E-state index contributed by atoms with van der Waals surface area (Å²) >= 11 is 0. The van der Waals surface area contributed by atoms with Crippen LogP contribution in [0.2, 0.25) is 0 Å². The van der Waals surface area contributed by atoms with Gasteiger partial charge in [0.15, 0.2) is 0 Å². The Balaban J connectivity index is 3.63. The average Bonchev–Trinajstić information content (AvgIpc) is 2.99. The monoisotopic (exact) mass is 592 g/mol. The highest BCUT2D eigenvalue weighted by atomic mass is 16.3. The smallest absolute Gasteiger partial charge is 0.220 e. The second-order valence-corrected chi connectivity index (χ2v) is 12.6. The highest BCUT2D eigenvalue weighted by molar-refractivity contribution is 5.76. The van der Waals surface area contributed by atoms with Crippen LogP contribution < -0.4 is 5.32 Å². The lowest BCUT2D eigenvalue weighted by molar-refractivity contribution is -0.123. The van der Waals surface area contributed by atoms with Crippen molar-refractivity contribution >= 4 is 5.91 Å². The Morgan fingerprint density at radius 1 is 0.548 bits per heavy atom. The molecular formula is C38H73NO3. The third kappa shape index (κ3) is 30.3. The number of amides is 1. The first kappa shape index (κ1) is 40.9. The van der Waals surface area contributed by atoms with Crippen molar-refractivity contribution in [1.29, 1.82) is 0 Å². The summed E-state index contributed by atoms with van der Waals surface area (Å²) in [6.07, 6.45) is 42.6. The summed E-state index contributed by atoms with van der Waals surface area (Å²) in [6, 6.07) is -0.622. The fourth-order valence-corrected chi connectivity index (χ4v) is 5.52. The minimum Gasteiger partial charge on any atom is -0.394 e. The predicted molar refractivity (Wildman–Crippen MR) is 184 cm³/mol. The zero-order valence-corrected chi connectivity index (χ0v) is 28.3. The van der Waals surface area contributed by atoms with Crippen LogP contribution in [0, 0.1) is 0 Å². The van der Waals surface area contributed by atoms with E-state index < -0.39 is 12.1 Å². The third-order valence-corrected chi connectivity index (χ3v) is 8.43.